The molecule has 1 amide bonds. The number of thiophene rings is 1. The molecule has 0 fully saturated rings. The molecule has 1 aliphatic heterocycles. The van der Waals surface area contributed by atoms with Gasteiger partial charge in [-0.15, -0.1) is 11.3 Å². The first kappa shape index (κ1) is 31.9. The highest BCUT2D eigenvalue weighted by Crippen LogP contribution is 2.40. The molecule has 4 heterocycles. The number of alkyl halides is 3. The molecule has 0 aliphatic carbocycles. The number of sulfonamides is 1. The van der Waals surface area contributed by atoms with Gasteiger partial charge in [0.15, 0.2) is 0 Å². The number of hydrogen-bond donors (Lipinski definition) is 1. The molecule has 0 radical (unpaired) electrons. The molecule has 4 aromatic rings. The van der Waals surface area contributed by atoms with Crippen molar-refractivity contribution in [1.29, 1.82) is 0 Å². The van der Waals surface area contributed by atoms with Crippen molar-refractivity contribution in [2.45, 2.75) is 39.5 Å². The number of carbonyl (C=O) groups is 1. The SMILES string of the molecule is Cc1cc(-c2cc(Cl)ccc2OCCn2c(C)nc3c(c2=O)CN(CC(F)(F)F)CC3)c2scc(C(=O)NS(C)(=O)=O)c2n1. The average Bonchev–Trinajstić information content (AvgIpc) is 3.33. The summed E-state index contributed by atoms with van der Waals surface area (Å²) in [5, 5.41) is 1.94. The van der Waals surface area contributed by atoms with Crippen molar-refractivity contribution in [2.24, 2.45) is 0 Å². The summed E-state index contributed by atoms with van der Waals surface area (Å²) in [6, 6.07) is 6.79. The van der Waals surface area contributed by atoms with E-state index in [9.17, 15) is 31.2 Å². The van der Waals surface area contributed by atoms with Gasteiger partial charge in [-0.1, -0.05) is 11.6 Å². The Balaban J connectivity index is 1.42. The number of fused-ring (bicyclic) bond motifs is 2. The van der Waals surface area contributed by atoms with Crippen LogP contribution in [-0.2, 0) is 29.5 Å². The number of aromatic nitrogens is 3. The topological polar surface area (TPSA) is 123 Å². The van der Waals surface area contributed by atoms with Crippen LogP contribution in [0.25, 0.3) is 21.3 Å². The monoisotopic (exact) mass is 669 g/mol. The van der Waals surface area contributed by atoms with Crippen molar-refractivity contribution in [1.82, 2.24) is 24.2 Å². The van der Waals surface area contributed by atoms with E-state index in [4.69, 9.17) is 16.3 Å². The van der Waals surface area contributed by atoms with E-state index in [2.05, 4.69) is 9.97 Å². The number of aryl methyl sites for hydroxylation is 2. The van der Waals surface area contributed by atoms with Crippen molar-refractivity contribution in [3.8, 4) is 16.9 Å². The first-order valence-corrected chi connectivity index (χ1v) is 16.5. The van der Waals surface area contributed by atoms with Crippen LogP contribution in [0.2, 0.25) is 5.02 Å². The molecule has 0 unspecified atom stereocenters. The van der Waals surface area contributed by atoms with Crippen LogP contribution < -0.4 is 15.0 Å². The number of rotatable bonds is 8. The lowest BCUT2D eigenvalue weighted by atomic mass is 10.0. The van der Waals surface area contributed by atoms with Gasteiger partial charge in [0.2, 0.25) is 10.0 Å². The second-order valence-electron chi connectivity index (χ2n) is 10.4. The fourth-order valence-corrected chi connectivity index (χ4v) is 6.78. The molecule has 0 bridgehead atoms. The van der Waals surface area contributed by atoms with E-state index >= 15 is 0 Å². The van der Waals surface area contributed by atoms with E-state index in [1.165, 1.54) is 26.2 Å². The van der Waals surface area contributed by atoms with Crippen LogP contribution in [-0.4, -0.2) is 65.9 Å². The lowest BCUT2D eigenvalue weighted by Crippen LogP contribution is -2.42. The molecule has 0 spiro atoms. The van der Waals surface area contributed by atoms with Crippen LogP contribution in [0.1, 0.15) is 33.1 Å². The Labute approximate surface area is 259 Å². The standard InChI is InChI=1S/C28H27ClF3N5O5S2/c1-15-10-19(25-24(33-15)21(13-43-25)26(38)35-44(3,40)41)18-11-17(29)4-5-23(18)42-9-8-37-16(2)34-22-6-7-36(14-28(30,31)32)12-20(22)27(37)39/h4-5,10-11,13H,6-9,12,14H2,1-3H3,(H,35,38). The summed E-state index contributed by atoms with van der Waals surface area (Å²) in [6.07, 6.45) is -3.23. The Bertz CT molecular complexity index is 1940. The Kier molecular flexibility index (Phi) is 8.77. The number of hydrogen-bond acceptors (Lipinski definition) is 9. The Morgan fingerprint density at radius 2 is 1.93 bits per heavy atom. The number of pyridine rings is 1. The number of benzene rings is 1. The number of amides is 1. The minimum atomic E-state index is -4.37. The van der Waals surface area contributed by atoms with Gasteiger partial charge in [0, 0.05) is 46.7 Å². The van der Waals surface area contributed by atoms with Gasteiger partial charge in [0.05, 0.1) is 46.4 Å². The van der Waals surface area contributed by atoms with Crippen LogP contribution in [0.15, 0.2) is 34.4 Å². The van der Waals surface area contributed by atoms with E-state index in [1.807, 2.05) is 4.72 Å². The van der Waals surface area contributed by atoms with Gasteiger partial charge in [0.25, 0.3) is 11.5 Å². The largest absolute Gasteiger partial charge is 0.491 e. The Morgan fingerprint density at radius 3 is 2.64 bits per heavy atom. The number of nitrogens with zero attached hydrogens (tertiary/aromatic N) is 4. The third-order valence-electron chi connectivity index (χ3n) is 6.97. The fourth-order valence-electron chi connectivity index (χ4n) is 5.15. The normalized spacial score (nSPS) is 14.1. The van der Waals surface area contributed by atoms with Crippen molar-refractivity contribution in [2.75, 3.05) is 26.0 Å². The van der Waals surface area contributed by atoms with Crippen LogP contribution >= 0.6 is 22.9 Å². The number of ether oxygens (including phenoxy) is 1. The molecule has 44 heavy (non-hydrogen) atoms. The van der Waals surface area contributed by atoms with Crippen LogP contribution in [0, 0.1) is 13.8 Å². The third kappa shape index (κ3) is 7.06. The maximum absolute atomic E-state index is 13.3. The van der Waals surface area contributed by atoms with Gasteiger partial charge < -0.3 is 4.74 Å². The second-order valence-corrected chi connectivity index (χ2v) is 13.5. The first-order chi connectivity index (χ1) is 20.6. The zero-order chi connectivity index (χ0) is 32.0. The van der Waals surface area contributed by atoms with E-state index in [-0.39, 0.29) is 43.8 Å². The Morgan fingerprint density at radius 1 is 1.18 bits per heavy atom. The molecular formula is C28H27ClF3N5O5S2. The van der Waals surface area contributed by atoms with Crippen LogP contribution in [0.5, 0.6) is 5.75 Å². The summed E-state index contributed by atoms with van der Waals surface area (Å²) in [5.74, 6) is 0.0547. The highest BCUT2D eigenvalue weighted by molar-refractivity contribution is 7.89. The fraction of sp³-hybridized carbons (Fsp3) is 0.357. The molecule has 0 saturated carbocycles. The summed E-state index contributed by atoms with van der Waals surface area (Å²) >= 11 is 7.56. The van der Waals surface area contributed by atoms with Crippen molar-refractivity contribution < 1.29 is 31.1 Å². The molecule has 10 nitrogen and oxygen atoms in total. The number of carbonyl (C=O) groups excluding carboxylic acids is 1. The second kappa shape index (κ2) is 12.1. The molecule has 16 heteroatoms. The molecule has 1 aliphatic rings. The smallest absolute Gasteiger partial charge is 0.401 e. The quantitative estimate of drug-likeness (QED) is 0.292. The molecule has 1 aromatic carbocycles. The molecule has 0 atom stereocenters. The highest BCUT2D eigenvalue weighted by Gasteiger charge is 2.33. The predicted octanol–water partition coefficient (Wildman–Crippen LogP) is 4.48. The third-order valence-corrected chi connectivity index (χ3v) is 8.76. The number of halogens is 4. The maximum Gasteiger partial charge on any atom is 0.401 e. The van der Waals surface area contributed by atoms with Crippen molar-refractivity contribution in [3.05, 3.63) is 73.4 Å². The van der Waals surface area contributed by atoms with Crippen LogP contribution in [0.4, 0.5) is 13.2 Å². The lowest BCUT2D eigenvalue weighted by Gasteiger charge is -2.29. The molecule has 234 valence electrons. The van der Waals surface area contributed by atoms with Crippen molar-refractivity contribution in [3.63, 3.8) is 0 Å². The summed E-state index contributed by atoms with van der Waals surface area (Å²) < 4.78 is 72.3. The van der Waals surface area contributed by atoms with E-state index in [1.54, 1.807) is 38.1 Å². The summed E-state index contributed by atoms with van der Waals surface area (Å²) in [5.41, 5.74) is 2.59. The average molecular weight is 670 g/mol. The van der Waals surface area contributed by atoms with Gasteiger partial charge in [-0.05, 0) is 38.1 Å². The van der Waals surface area contributed by atoms with Gasteiger partial charge in [-0.25, -0.2) is 18.1 Å². The summed E-state index contributed by atoms with van der Waals surface area (Å²) in [4.78, 5) is 36.1. The Hall–Kier alpha value is -3.53. The zero-order valence-electron chi connectivity index (χ0n) is 23.8. The summed E-state index contributed by atoms with van der Waals surface area (Å²) in [7, 11) is -3.79. The summed E-state index contributed by atoms with van der Waals surface area (Å²) in [6.45, 7) is 2.46. The lowest BCUT2D eigenvalue weighted by molar-refractivity contribution is -0.147. The van der Waals surface area contributed by atoms with Gasteiger partial charge in [-0.2, -0.15) is 13.2 Å². The van der Waals surface area contributed by atoms with E-state index < -0.39 is 34.2 Å². The highest BCUT2D eigenvalue weighted by atomic mass is 35.5. The van der Waals surface area contributed by atoms with Gasteiger partial charge in [0.1, 0.15) is 18.2 Å². The predicted molar refractivity (Wildman–Crippen MR) is 161 cm³/mol. The van der Waals surface area contributed by atoms with Gasteiger partial charge >= 0.3 is 6.18 Å². The number of nitrogens with one attached hydrogen (secondary N) is 1. The molecule has 1 N–H and O–H groups in total. The zero-order valence-corrected chi connectivity index (χ0v) is 26.2. The van der Waals surface area contributed by atoms with Crippen molar-refractivity contribution >= 4 is 49.1 Å². The minimum absolute atomic E-state index is 0.0295. The molecular weight excluding hydrogens is 643 g/mol. The molecule has 0 saturated heterocycles. The molecule has 3 aromatic heterocycles. The maximum atomic E-state index is 13.3. The van der Waals surface area contributed by atoms with E-state index in [0.29, 0.717) is 49.3 Å². The van der Waals surface area contributed by atoms with Crippen LogP contribution in [0.3, 0.4) is 0 Å². The molecule has 5 rings (SSSR count). The van der Waals surface area contributed by atoms with Gasteiger partial charge in [-0.3, -0.25) is 24.0 Å². The minimum Gasteiger partial charge on any atom is -0.491 e. The first-order valence-electron chi connectivity index (χ1n) is 13.3. The van der Waals surface area contributed by atoms with E-state index in [0.717, 1.165) is 6.26 Å².